The third kappa shape index (κ3) is 3.22. The maximum absolute atomic E-state index is 13.7. The van der Waals surface area contributed by atoms with Gasteiger partial charge in [0.25, 0.3) is 0 Å². The number of hydrogen-bond acceptors (Lipinski definition) is 4. The minimum atomic E-state index is -0.559. The molecule has 0 saturated carbocycles. The molecule has 1 fully saturated rings. The lowest BCUT2D eigenvalue weighted by Gasteiger charge is -2.35. The Morgan fingerprint density at radius 3 is 2.69 bits per heavy atom. The maximum Gasteiger partial charge on any atom is 0.227 e. The smallest absolute Gasteiger partial charge is 0.227 e. The molecule has 3 heterocycles. The number of anilines is 1. The van der Waals surface area contributed by atoms with Crippen molar-refractivity contribution in [3.8, 4) is 0 Å². The first-order chi connectivity index (χ1) is 12.6. The Kier molecular flexibility index (Phi) is 4.24. The Balaban J connectivity index is 1.39. The molecule has 0 bridgehead atoms. The fourth-order valence-corrected chi connectivity index (χ4v) is 3.11. The number of nitrogens with zero attached hydrogens (tertiary/aromatic N) is 5. The molecule has 0 unspecified atom stereocenters. The Morgan fingerprint density at radius 2 is 1.88 bits per heavy atom. The number of carbonyl (C=O) groups is 1. The highest BCUT2D eigenvalue weighted by molar-refractivity contribution is 5.79. The zero-order chi connectivity index (χ0) is 18.1. The van der Waals surface area contributed by atoms with E-state index < -0.39 is 11.6 Å². The number of piperazine rings is 1. The van der Waals surface area contributed by atoms with Crippen LogP contribution in [0.4, 0.5) is 14.6 Å². The average molecular weight is 357 g/mol. The third-order valence-corrected chi connectivity index (χ3v) is 4.55. The molecule has 0 radical (unpaired) electrons. The van der Waals surface area contributed by atoms with Crippen LogP contribution in [-0.2, 0) is 11.2 Å². The van der Waals surface area contributed by atoms with Crippen LogP contribution in [0.15, 0.2) is 42.7 Å². The van der Waals surface area contributed by atoms with Crippen LogP contribution in [0.2, 0.25) is 0 Å². The molecule has 3 aromatic rings. The average Bonchev–Trinajstić information content (AvgIpc) is 3.12. The van der Waals surface area contributed by atoms with Gasteiger partial charge in [0.2, 0.25) is 5.91 Å². The van der Waals surface area contributed by atoms with Crippen LogP contribution in [0.1, 0.15) is 5.56 Å². The number of fused-ring (bicyclic) bond motifs is 1. The van der Waals surface area contributed by atoms with Gasteiger partial charge in [0.15, 0.2) is 5.65 Å². The lowest BCUT2D eigenvalue weighted by molar-refractivity contribution is -0.130. The minimum absolute atomic E-state index is 0.0876. The van der Waals surface area contributed by atoms with Crippen molar-refractivity contribution in [2.24, 2.45) is 0 Å². The molecule has 8 heteroatoms. The first-order valence-electron chi connectivity index (χ1n) is 8.37. The van der Waals surface area contributed by atoms with Gasteiger partial charge in [-0.25, -0.2) is 18.3 Å². The number of halogens is 2. The highest BCUT2D eigenvalue weighted by Crippen LogP contribution is 2.16. The Hall–Kier alpha value is -3.03. The van der Waals surface area contributed by atoms with Gasteiger partial charge < -0.3 is 9.80 Å². The molecule has 6 nitrogen and oxygen atoms in total. The molecule has 1 aromatic carbocycles. The lowest BCUT2D eigenvalue weighted by Crippen LogP contribution is -2.49. The molecule has 26 heavy (non-hydrogen) atoms. The van der Waals surface area contributed by atoms with Crippen molar-refractivity contribution in [1.82, 2.24) is 19.5 Å². The summed E-state index contributed by atoms with van der Waals surface area (Å²) in [4.78, 5) is 20.3. The molecule has 0 N–H and O–H groups in total. The molecule has 4 rings (SSSR count). The van der Waals surface area contributed by atoms with Gasteiger partial charge in [-0.2, -0.15) is 0 Å². The Bertz CT molecular complexity index is 950. The van der Waals surface area contributed by atoms with Crippen LogP contribution in [0.25, 0.3) is 5.65 Å². The summed E-state index contributed by atoms with van der Waals surface area (Å²) in [5.74, 6) is -0.484. The molecular formula is C18H17F2N5O. The minimum Gasteiger partial charge on any atom is -0.352 e. The molecule has 2 aromatic heterocycles. The molecule has 1 aliphatic rings. The molecule has 134 valence electrons. The van der Waals surface area contributed by atoms with Gasteiger partial charge in [-0.3, -0.25) is 4.79 Å². The SMILES string of the molecule is O=C(Cc1cc(F)ccc1F)N1CCN(c2ccc3nccn3n2)CC1. The zero-order valence-electron chi connectivity index (χ0n) is 14.0. The first-order valence-corrected chi connectivity index (χ1v) is 8.37. The largest absolute Gasteiger partial charge is 0.352 e. The van der Waals surface area contributed by atoms with E-state index in [0.29, 0.717) is 26.2 Å². The summed E-state index contributed by atoms with van der Waals surface area (Å²) in [6.45, 7) is 2.29. The van der Waals surface area contributed by atoms with E-state index in [-0.39, 0.29) is 17.9 Å². The number of aromatic nitrogens is 3. The van der Waals surface area contributed by atoms with Crippen LogP contribution < -0.4 is 4.90 Å². The van der Waals surface area contributed by atoms with Crippen molar-refractivity contribution in [3.63, 3.8) is 0 Å². The summed E-state index contributed by atoms with van der Waals surface area (Å²) in [7, 11) is 0. The highest BCUT2D eigenvalue weighted by Gasteiger charge is 2.23. The van der Waals surface area contributed by atoms with E-state index in [2.05, 4.69) is 15.0 Å². The van der Waals surface area contributed by atoms with Crippen molar-refractivity contribution >= 4 is 17.4 Å². The van der Waals surface area contributed by atoms with Gasteiger partial charge in [-0.15, -0.1) is 5.10 Å². The molecular weight excluding hydrogens is 340 g/mol. The zero-order valence-corrected chi connectivity index (χ0v) is 14.0. The van der Waals surface area contributed by atoms with Gasteiger partial charge in [-0.05, 0) is 30.3 Å². The van der Waals surface area contributed by atoms with Gasteiger partial charge in [0.1, 0.15) is 17.5 Å². The second kappa shape index (κ2) is 6.70. The normalized spacial score (nSPS) is 14.8. The summed E-state index contributed by atoms with van der Waals surface area (Å²) >= 11 is 0. The Morgan fingerprint density at radius 1 is 1.08 bits per heavy atom. The number of benzene rings is 1. The summed E-state index contributed by atoms with van der Waals surface area (Å²) in [6, 6.07) is 6.97. The van der Waals surface area contributed by atoms with E-state index in [1.54, 1.807) is 21.8 Å². The molecule has 0 atom stereocenters. The van der Waals surface area contributed by atoms with Crippen molar-refractivity contribution in [3.05, 3.63) is 59.9 Å². The molecule has 0 aliphatic carbocycles. The fraction of sp³-hybridized carbons (Fsp3) is 0.278. The lowest BCUT2D eigenvalue weighted by atomic mass is 10.1. The monoisotopic (exact) mass is 357 g/mol. The molecule has 1 saturated heterocycles. The van der Waals surface area contributed by atoms with Crippen LogP contribution in [0, 0.1) is 11.6 Å². The fourth-order valence-electron chi connectivity index (χ4n) is 3.11. The number of amides is 1. The Labute approximate surface area is 148 Å². The first kappa shape index (κ1) is 16.4. The van der Waals surface area contributed by atoms with Gasteiger partial charge in [-0.1, -0.05) is 0 Å². The second-order valence-corrected chi connectivity index (χ2v) is 6.20. The predicted molar refractivity (Wildman–Crippen MR) is 91.8 cm³/mol. The van der Waals surface area contributed by atoms with Crippen LogP contribution in [-0.4, -0.2) is 51.6 Å². The summed E-state index contributed by atoms with van der Waals surface area (Å²) in [5.41, 5.74) is 0.865. The standard InChI is InChI=1S/C18H17F2N5O/c19-14-1-2-15(20)13(11-14)12-18(26)24-9-7-23(8-10-24)17-4-3-16-21-5-6-25(16)22-17/h1-6,11H,7-10,12H2. The molecule has 1 amide bonds. The number of hydrogen-bond donors (Lipinski definition) is 0. The summed E-state index contributed by atoms with van der Waals surface area (Å²) < 4.78 is 28.7. The highest BCUT2D eigenvalue weighted by atomic mass is 19.1. The topological polar surface area (TPSA) is 53.7 Å². The molecule has 1 aliphatic heterocycles. The quantitative estimate of drug-likeness (QED) is 0.719. The third-order valence-electron chi connectivity index (χ3n) is 4.55. The van der Waals surface area contributed by atoms with Gasteiger partial charge >= 0.3 is 0 Å². The van der Waals surface area contributed by atoms with Crippen molar-refractivity contribution in [1.29, 1.82) is 0 Å². The van der Waals surface area contributed by atoms with Crippen molar-refractivity contribution in [2.75, 3.05) is 31.1 Å². The van der Waals surface area contributed by atoms with Crippen LogP contribution in [0.5, 0.6) is 0 Å². The maximum atomic E-state index is 13.7. The van der Waals surface area contributed by atoms with Gasteiger partial charge in [0.05, 0.1) is 6.42 Å². The number of rotatable bonds is 3. The number of carbonyl (C=O) groups excluding carboxylic acids is 1. The van der Waals surface area contributed by atoms with E-state index in [0.717, 1.165) is 29.7 Å². The number of imidazole rings is 1. The van der Waals surface area contributed by atoms with E-state index in [1.165, 1.54) is 0 Å². The van der Waals surface area contributed by atoms with E-state index in [4.69, 9.17) is 0 Å². The van der Waals surface area contributed by atoms with E-state index in [9.17, 15) is 13.6 Å². The summed E-state index contributed by atoms with van der Waals surface area (Å²) in [6.07, 6.45) is 3.34. The molecule has 0 spiro atoms. The van der Waals surface area contributed by atoms with Crippen molar-refractivity contribution < 1.29 is 13.6 Å². The van der Waals surface area contributed by atoms with Crippen LogP contribution >= 0.6 is 0 Å². The predicted octanol–water partition coefficient (Wildman–Crippen LogP) is 1.90. The van der Waals surface area contributed by atoms with Crippen molar-refractivity contribution in [2.45, 2.75) is 6.42 Å². The summed E-state index contributed by atoms with van der Waals surface area (Å²) in [5, 5.41) is 4.50. The van der Waals surface area contributed by atoms with Gasteiger partial charge in [0, 0.05) is 44.1 Å². The van der Waals surface area contributed by atoms with E-state index in [1.807, 2.05) is 12.1 Å². The van der Waals surface area contributed by atoms with Crippen LogP contribution in [0.3, 0.4) is 0 Å². The second-order valence-electron chi connectivity index (χ2n) is 6.20. The van der Waals surface area contributed by atoms with E-state index >= 15 is 0 Å².